The standard InChI is InChI=1S/C11H13F2NO/c12-9-3-8(4-10(13)11(9)15)6-14-5-7-1-2-7/h3-4,7,14-15H,1-2,5-6H2. The maximum atomic E-state index is 12.9. The van der Waals surface area contributed by atoms with Gasteiger partial charge in [0, 0.05) is 6.54 Å². The van der Waals surface area contributed by atoms with Crippen LogP contribution in [0.5, 0.6) is 5.75 Å². The average Bonchev–Trinajstić information content (AvgIpc) is 2.98. The highest BCUT2D eigenvalue weighted by atomic mass is 19.1. The van der Waals surface area contributed by atoms with Crippen LogP contribution in [-0.2, 0) is 6.54 Å². The van der Waals surface area contributed by atoms with Crippen molar-refractivity contribution in [3.05, 3.63) is 29.3 Å². The van der Waals surface area contributed by atoms with Gasteiger partial charge in [0.25, 0.3) is 0 Å². The third kappa shape index (κ3) is 2.65. The molecule has 0 radical (unpaired) electrons. The van der Waals surface area contributed by atoms with Crippen molar-refractivity contribution in [2.75, 3.05) is 6.54 Å². The van der Waals surface area contributed by atoms with E-state index in [1.54, 1.807) is 0 Å². The Labute approximate surface area is 86.9 Å². The molecule has 15 heavy (non-hydrogen) atoms. The maximum absolute atomic E-state index is 12.9. The van der Waals surface area contributed by atoms with Crippen LogP contribution in [0.15, 0.2) is 12.1 Å². The fraction of sp³-hybridized carbons (Fsp3) is 0.455. The molecule has 0 aromatic heterocycles. The number of aromatic hydroxyl groups is 1. The Morgan fingerprint density at radius 3 is 2.40 bits per heavy atom. The Kier molecular flexibility index (Phi) is 2.86. The van der Waals surface area contributed by atoms with Crippen LogP contribution < -0.4 is 5.32 Å². The Bertz CT molecular complexity index is 341. The Hall–Kier alpha value is -1.16. The van der Waals surface area contributed by atoms with E-state index in [1.807, 2.05) is 0 Å². The van der Waals surface area contributed by atoms with Crippen LogP contribution in [0.25, 0.3) is 0 Å². The predicted octanol–water partition coefficient (Wildman–Crippen LogP) is 2.17. The largest absolute Gasteiger partial charge is 0.503 e. The highest BCUT2D eigenvalue weighted by Gasteiger charge is 2.20. The summed E-state index contributed by atoms with van der Waals surface area (Å²) in [6.45, 7) is 1.33. The van der Waals surface area contributed by atoms with Crippen LogP contribution in [0.1, 0.15) is 18.4 Å². The van der Waals surface area contributed by atoms with E-state index in [2.05, 4.69) is 5.32 Å². The van der Waals surface area contributed by atoms with E-state index in [1.165, 1.54) is 12.8 Å². The second kappa shape index (κ2) is 4.14. The lowest BCUT2D eigenvalue weighted by molar-refractivity contribution is 0.395. The second-order valence-electron chi connectivity index (χ2n) is 3.98. The summed E-state index contributed by atoms with van der Waals surface area (Å²) in [6, 6.07) is 2.30. The number of halogens is 2. The highest BCUT2D eigenvalue weighted by molar-refractivity contribution is 5.29. The minimum Gasteiger partial charge on any atom is -0.503 e. The van der Waals surface area contributed by atoms with E-state index in [9.17, 15) is 8.78 Å². The monoisotopic (exact) mass is 213 g/mol. The minimum absolute atomic E-state index is 0.435. The molecule has 0 atom stereocenters. The van der Waals surface area contributed by atoms with Gasteiger partial charge in [-0.1, -0.05) is 0 Å². The van der Waals surface area contributed by atoms with E-state index >= 15 is 0 Å². The molecule has 0 heterocycles. The first kappa shape index (κ1) is 10.4. The van der Waals surface area contributed by atoms with Crippen LogP contribution >= 0.6 is 0 Å². The number of rotatable bonds is 4. The van der Waals surface area contributed by atoms with Gasteiger partial charge in [0.05, 0.1) is 0 Å². The van der Waals surface area contributed by atoms with E-state index in [4.69, 9.17) is 5.11 Å². The van der Waals surface area contributed by atoms with E-state index < -0.39 is 17.4 Å². The first-order valence-corrected chi connectivity index (χ1v) is 5.04. The topological polar surface area (TPSA) is 32.3 Å². The Balaban J connectivity index is 1.94. The molecule has 1 aliphatic carbocycles. The fourth-order valence-corrected chi connectivity index (χ4v) is 1.46. The van der Waals surface area contributed by atoms with Gasteiger partial charge in [-0.15, -0.1) is 0 Å². The summed E-state index contributed by atoms with van der Waals surface area (Å²) in [7, 11) is 0. The van der Waals surface area contributed by atoms with Gasteiger partial charge < -0.3 is 10.4 Å². The zero-order valence-corrected chi connectivity index (χ0v) is 8.26. The molecule has 0 unspecified atom stereocenters. The first-order valence-electron chi connectivity index (χ1n) is 5.04. The van der Waals surface area contributed by atoms with E-state index in [0.29, 0.717) is 12.1 Å². The summed E-state index contributed by atoms with van der Waals surface area (Å²) < 4.78 is 25.8. The quantitative estimate of drug-likeness (QED) is 0.803. The third-order valence-electron chi connectivity index (χ3n) is 2.54. The van der Waals surface area contributed by atoms with E-state index in [0.717, 1.165) is 24.6 Å². The molecule has 0 spiro atoms. The van der Waals surface area contributed by atoms with Gasteiger partial charge in [0.2, 0.25) is 0 Å². The molecule has 1 fully saturated rings. The van der Waals surface area contributed by atoms with Crippen molar-refractivity contribution < 1.29 is 13.9 Å². The minimum atomic E-state index is -0.904. The first-order chi connectivity index (χ1) is 7.16. The smallest absolute Gasteiger partial charge is 0.187 e. The summed E-state index contributed by atoms with van der Waals surface area (Å²) in [4.78, 5) is 0. The van der Waals surface area contributed by atoms with Crippen molar-refractivity contribution in [2.45, 2.75) is 19.4 Å². The summed E-state index contributed by atoms with van der Waals surface area (Å²) in [6.07, 6.45) is 2.48. The molecule has 0 amide bonds. The van der Waals surface area contributed by atoms with Crippen LogP contribution in [0.4, 0.5) is 8.78 Å². The molecule has 0 saturated heterocycles. The molecule has 4 heteroatoms. The zero-order chi connectivity index (χ0) is 10.8. The summed E-state index contributed by atoms with van der Waals surface area (Å²) in [5, 5.41) is 12.0. The molecule has 1 aliphatic rings. The predicted molar refractivity (Wildman–Crippen MR) is 52.5 cm³/mol. The normalized spacial score (nSPS) is 15.6. The van der Waals surface area contributed by atoms with Crippen molar-refractivity contribution >= 4 is 0 Å². The lowest BCUT2D eigenvalue weighted by Crippen LogP contribution is -2.16. The maximum Gasteiger partial charge on any atom is 0.187 e. The van der Waals surface area contributed by atoms with Gasteiger partial charge in [0.15, 0.2) is 17.4 Å². The fourth-order valence-electron chi connectivity index (χ4n) is 1.46. The van der Waals surface area contributed by atoms with Crippen LogP contribution in [-0.4, -0.2) is 11.7 Å². The van der Waals surface area contributed by atoms with Crippen molar-refractivity contribution in [3.63, 3.8) is 0 Å². The number of benzene rings is 1. The SMILES string of the molecule is Oc1c(F)cc(CNCC2CC2)cc1F. The Morgan fingerprint density at radius 1 is 1.27 bits per heavy atom. The number of hydrogen-bond acceptors (Lipinski definition) is 2. The molecule has 82 valence electrons. The van der Waals surface area contributed by atoms with E-state index in [-0.39, 0.29) is 0 Å². The van der Waals surface area contributed by atoms with Gasteiger partial charge in [0.1, 0.15) is 0 Å². The number of hydrogen-bond donors (Lipinski definition) is 2. The number of nitrogens with one attached hydrogen (secondary N) is 1. The molecular formula is C11H13F2NO. The van der Waals surface area contributed by atoms with Gasteiger partial charge in [-0.3, -0.25) is 0 Å². The molecule has 0 aliphatic heterocycles. The van der Waals surface area contributed by atoms with Crippen LogP contribution in [0, 0.1) is 17.6 Å². The summed E-state index contributed by atoms with van der Waals surface area (Å²) in [5.74, 6) is -1.98. The molecule has 1 aromatic rings. The highest BCUT2D eigenvalue weighted by Crippen LogP contribution is 2.27. The van der Waals surface area contributed by atoms with Crippen LogP contribution in [0.2, 0.25) is 0 Å². The van der Waals surface area contributed by atoms with Crippen molar-refractivity contribution in [3.8, 4) is 5.75 Å². The molecule has 0 bridgehead atoms. The van der Waals surface area contributed by atoms with Gasteiger partial charge in [-0.05, 0) is 43.0 Å². The van der Waals surface area contributed by atoms with Gasteiger partial charge >= 0.3 is 0 Å². The summed E-state index contributed by atoms with van der Waals surface area (Å²) >= 11 is 0. The molecule has 2 rings (SSSR count). The molecular weight excluding hydrogens is 200 g/mol. The number of phenols is 1. The van der Waals surface area contributed by atoms with Gasteiger partial charge in [-0.2, -0.15) is 0 Å². The lowest BCUT2D eigenvalue weighted by Gasteiger charge is -2.05. The second-order valence-corrected chi connectivity index (χ2v) is 3.98. The van der Waals surface area contributed by atoms with Crippen LogP contribution in [0.3, 0.4) is 0 Å². The zero-order valence-electron chi connectivity index (χ0n) is 8.26. The average molecular weight is 213 g/mol. The molecule has 2 nitrogen and oxygen atoms in total. The molecule has 1 saturated carbocycles. The Morgan fingerprint density at radius 2 is 1.87 bits per heavy atom. The summed E-state index contributed by atoms with van der Waals surface area (Å²) in [5.41, 5.74) is 0.517. The molecule has 1 aromatic carbocycles. The third-order valence-corrected chi connectivity index (χ3v) is 2.54. The van der Waals surface area contributed by atoms with Crippen molar-refractivity contribution in [1.29, 1.82) is 0 Å². The lowest BCUT2D eigenvalue weighted by atomic mass is 10.2. The molecule has 2 N–H and O–H groups in total. The van der Waals surface area contributed by atoms with Crippen molar-refractivity contribution in [2.24, 2.45) is 5.92 Å². The van der Waals surface area contributed by atoms with Crippen molar-refractivity contribution in [1.82, 2.24) is 5.32 Å². The number of phenolic OH excluding ortho intramolecular Hbond substituents is 1. The van der Waals surface area contributed by atoms with Gasteiger partial charge in [-0.25, -0.2) is 8.78 Å².